The number of nitrogens with one attached hydrogen (secondary N) is 1. The van der Waals surface area contributed by atoms with Gasteiger partial charge in [0.15, 0.2) is 0 Å². The molecule has 1 aromatic heterocycles. The predicted octanol–water partition coefficient (Wildman–Crippen LogP) is 2.14. The van der Waals surface area contributed by atoms with E-state index in [1.807, 2.05) is 6.07 Å². The summed E-state index contributed by atoms with van der Waals surface area (Å²) in [4.78, 5) is 0.0419. The maximum atomic E-state index is 13.5. The van der Waals surface area contributed by atoms with E-state index in [9.17, 15) is 22.1 Å². The highest BCUT2D eigenvalue weighted by Gasteiger charge is 2.31. The molecule has 2 heterocycles. The number of benzene rings is 2. The fourth-order valence-electron chi connectivity index (χ4n) is 3.89. The molecule has 1 aliphatic heterocycles. The van der Waals surface area contributed by atoms with Gasteiger partial charge in [-0.2, -0.15) is 18.0 Å². The Hall–Kier alpha value is -2.91. The molecule has 2 aromatic carbocycles. The first kappa shape index (κ1) is 22.3. The van der Waals surface area contributed by atoms with Crippen LogP contribution >= 0.6 is 0 Å². The number of hydrogen-bond acceptors (Lipinski definition) is 6. The molecule has 11 heteroatoms. The predicted molar refractivity (Wildman–Crippen MR) is 122 cm³/mol. The third kappa shape index (κ3) is 3.86. The fraction of sp³-hybridized carbons (Fsp3) is 0.286. The Balaban J connectivity index is 1.90. The fourth-order valence-corrected chi connectivity index (χ4v) is 6.56. The van der Waals surface area contributed by atoms with Crippen LogP contribution in [0.3, 0.4) is 0 Å². The molecule has 3 aromatic rings. The highest BCUT2D eigenvalue weighted by molar-refractivity contribution is 7.92. The Kier molecular flexibility index (Phi) is 5.72. The molecule has 168 valence electrons. The van der Waals surface area contributed by atoms with Crippen molar-refractivity contribution in [3.8, 4) is 6.07 Å². The molecule has 1 fully saturated rings. The van der Waals surface area contributed by atoms with Crippen molar-refractivity contribution in [3.05, 3.63) is 59.8 Å². The molecule has 0 aliphatic carbocycles. The first-order valence-corrected chi connectivity index (χ1v) is 12.9. The lowest BCUT2D eigenvalue weighted by Gasteiger charge is -2.29. The van der Waals surface area contributed by atoms with Crippen molar-refractivity contribution in [2.24, 2.45) is 5.73 Å². The van der Waals surface area contributed by atoms with E-state index in [-0.39, 0.29) is 40.8 Å². The van der Waals surface area contributed by atoms with Gasteiger partial charge in [0, 0.05) is 30.7 Å². The Morgan fingerprint density at radius 3 is 2.34 bits per heavy atom. The molecule has 0 radical (unpaired) electrons. The van der Waals surface area contributed by atoms with Gasteiger partial charge in [-0.15, -0.1) is 0 Å². The van der Waals surface area contributed by atoms with E-state index in [1.54, 1.807) is 31.2 Å². The maximum absolute atomic E-state index is 13.5. The third-order valence-corrected chi connectivity index (χ3v) is 8.80. The highest BCUT2D eigenvalue weighted by atomic mass is 32.2. The number of nitriles is 1. The number of aromatic nitrogens is 1. The lowest BCUT2D eigenvalue weighted by Crippen LogP contribution is -2.44. The molecule has 1 aliphatic rings. The standard InChI is InChI=1S/C21H23N5O4S2/c1-15-7-8-19(24-31(27,28)18-5-3-2-4-6-18)21-20(15)16(13-22)14-26(21)32(29,30)25-11-9-17(23)10-12-25/h2-8,14,17,24H,9-12,23H2,1H3. The van der Waals surface area contributed by atoms with Crippen molar-refractivity contribution in [2.75, 3.05) is 17.8 Å². The van der Waals surface area contributed by atoms with E-state index in [4.69, 9.17) is 5.73 Å². The molecule has 0 atom stereocenters. The molecular formula is C21H23N5O4S2. The van der Waals surface area contributed by atoms with E-state index in [1.165, 1.54) is 28.7 Å². The summed E-state index contributed by atoms with van der Waals surface area (Å²) >= 11 is 0. The average molecular weight is 474 g/mol. The van der Waals surface area contributed by atoms with E-state index < -0.39 is 20.2 Å². The van der Waals surface area contributed by atoms with Crippen LogP contribution in [0, 0.1) is 18.3 Å². The van der Waals surface area contributed by atoms with Gasteiger partial charge in [-0.05, 0) is 43.5 Å². The van der Waals surface area contributed by atoms with Gasteiger partial charge in [-0.3, -0.25) is 4.72 Å². The summed E-state index contributed by atoms with van der Waals surface area (Å²) < 4.78 is 57.7. The summed E-state index contributed by atoms with van der Waals surface area (Å²) in [6.07, 6.45) is 2.30. The minimum absolute atomic E-state index is 0.0419. The van der Waals surface area contributed by atoms with Crippen LogP contribution in [-0.2, 0) is 20.2 Å². The second-order valence-electron chi connectivity index (χ2n) is 7.77. The molecule has 9 nitrogen and oxygen atoms in total. The molecule has 0 amide bonds. The van der Waals surface area contributed by atoms with Gasteiger partial charge in [0.1, 0.15) is 6.07 Å². The van der Waals surface area contributed by atoms with Gasteiger partial charge in [0.25, 0.3) is 10.0 Å². The van der Waals surface area contributed by atoms with E-state index in [0.29, 0.717) is 23.8 Å². The van der Waals surface area contributed by atoms with Crippen molar-refractivity contribution in [3.63, 3.8) is 0 Å². The monoisotopic (exact) mass is 473 g/mol. The van der Waals surface area contributed by atoms with Crippen LogP contribution in [0.1, 0.15) is 24.0 Å². The number of rotatable bonds is 5. The molecule has 0 spiro atoms. The number of fused-ring (bicyclic) bond motifs is 1. The van der Waals surface area contributed by atoms with Crippen molar-refractivity contribution in [2.45, 2.75) is 30.7 Å². The minimum Gasteiger partial charge on any atom is -0.328 e. The van der Waals surface area contributed by atoms with Crippen LogP contribution in [0.4, 0.5) is 5.69 Å². The van der Waals surface area contributed by atoms with Crippen LogP contribution in [0.15, 0.2) is 53.6 Å². The zero-order valence-electron chi connectivity index (χ0n) is 17.4. The number of nitrogens with two attached hydrogens (primary N) is 1. The summed E-state index contributed by atoms with van der Waals surface area (Å²) in [6, 6.07) is 12.9. The van der Waals surface area contributed by atoms with Gasteiger partial charge in [0.05, 0.1) is 21.7 Å². The number of hydrogen-bond donors (Lipinski definition) is 2. The summed E-state index contributed by atoms with van der Waals surface area (Å²) in [7, 11) is -8.03. The zero-order valence-corrected chi connectivity index (χ0v) is 19.0. The Morgan fingerprint density at radius 1 is 1.06 bits per heavy atom. The Morgan fingerprint density at radius 2 is 1.72 bits per heavy atom. The number of sulfonamides is 1. The smallest absolute Gasteiger partial charge is 0.308 e. The lowest BCUT2D eigenvalue weighted by atomic mass is 10.1. The zero-order chi connectivity index (χ0) is 23.1. The summed E-state index contributed by atoms with van der Waals surface area (Å²) in [5.74, 6) is 0. The quantitative estimate of drug-likeness (QED) is 0.582. The van der Waals surface area contributed by atoms with Crippen molar-refractivity contribution in [1.82, 2.24) is 8.28 Å². The second kappa shape index (κ2) is 8.22. The first-order chi connectivity index (χ1) is 15.1. The van der Waals surface area contributed by atoms with Gasteiger partial charge >= 0.3 is 10.2 Å². The summed E-state index contributed by atoms with van der Waals surface area (Å²) in [5.41, 5.74) is 6.92. The van der Waals surface area contributed by atoms with Gasteiger partial charge in [-0.1, -0.05) is 24.3 Å². The van der Waals surface area contributed by atoms with E-state index >= 15 is 0 Å². The summed E-state index contributed by atoms with van der Waals surface area (Å²) in [6.45, 7) is 2.25. The largest absolute Gasteiger partial charge is 0.328 e. The molecular weight excluding hydrogens is 450 g/mol. The average Bonchev–Trinajstić information content (AvgIpc) is 3.18. The van der Waals surface area contributed by atoms with Crippen molar-refractivity contribution in [1.29, 1.82) is 5.26 Å². The second-order valence-corrected chi connectivity index (χ2v) is 11.3. The molecule has 4 rings (SSSR count). The lowest BCUT2D eigenvalue weighted by molar-refractivity contribution is 0.317. The topological polar surface area (TPSA) is 138 Å². The molecule has 0 unspecified atom stereocenters. The van der Waals surface area contributed by atoms with E-state index in [2.05, 4.69) is 4.72 Å². The Bertz CT molecular complexity index is 1420. The molecule has 3 N–H and O–H groups in total. The SMILES string of the molecule is Cc1ccc(NS(=O)(=O)c2ccccc2)c2c1c(C#N)cn2S(=O)(=O)N1CCC(N)CC1. The normalized spacial score (nSPS) is 16.2. The summed E-state index contributed by atoms with van der Waals surface area (Å²) in [5, 5.41) is 10.0. The highest BCUT2D eigenvalue weighted by Crippen LogP contribution is 2.34. The minimum atomic E-state index is -4.05. The van der Waals surface area contributed by atoms with Crippen LogP contribution in [0.25, 0.3) is 10.9 Å². The Labute approximate surface area is 187 Å². The molecule has 1 saturated heterocycles. The van der Waals surface area contributed by atoms with Crippen LogP contribution in [-0.4, -0.2) is 44.2 Å². The van der Waals surface area contributed by atoms with Gasteiger partial charge in [-0.25, -0.2) is 12.4 Å². The van der Waals surface area contributed by atoms with Crippen LogP contribution in [0.2, 0.25) is 0 Å². The van der Waals surface area contributed by atoms with Gasteiger partial charge in [0.2, 0.25) is 0 Å². The van der Waals surface area contributed by atoms with E-state index in [0.717, 1.165) is 3.97 Å². The number of piperidine rings is 1. The van der Waals surface area contributed by atoms with Crippen LogP contribution in [0.5, 0.6) is 0 Å². The molecule has 0 bridgehead atoms. The van der Waals surface area contributed by atoms with Crippen molar-refractivity contribution < 1.29 is 16.8 Å². The first-order valence-electron chi connectivity index (χ1n) is 10.0. The molecule has 0 saturated carbocycles. The number of anilines is 1. The van der Waals surface area contributed by atoms with Crippen molar-refractivity contribution >= 4 is 36.8 Å². The maximum Gasteiger partial charge on any atom is 0.308 e. The number of aryl methyl sites for hydroxylation is 1. The van der Waals surface area contributed by atoms with Crippen LogP contribution < -0.4 is 10.5 Å². The third-order valence-electron chi connectivity index (χ3n) is 5.61. The van der Waals surface area contributed by atoms with Gasteiger partial charge < -0.3 is 5.73 Å². The number of nitrogens with zero attached hydrogens (tertiary/aromatic N) is 3. The molecule has 32 heavy (non-hydrogen) atoms.